The number of nitrogen functional groups attached to an aromatic ring is 2. The first-order valence-corrected chi connectivity index (χ1v) is 8.99. The van der Waals surface area contributed by atoms with Gasteiger partial charge in [-0.1, -0.05) is 0 Å². The Labute approximate surface area is 142 Å². The minimum Gasteiger partial charge on any atom is -0.383 e. The van der Waals surface area contributed by atoms with E-state index in [-0.39, 0.29) is 0 Å². The van der Waals surface area contributed by atoms with Crippen LogP contribution < -0.4 is 11.5 Å². The molecule has 6 nitrogen and oxygen atoms in total. The fraction of sp³-hybridized carbons (Fsp3) is 0.556. The highest BCUT2D eigenvalue weighted by molar-refractivity contribution is 5.45. The number of hydrogen-bond acceptors (Lipinski definition) is 6. The van der Waals surface area contributed by atoms with Gasteiger partial charge in [-0.2, -0.15) is 0 Å². The summed E-state index contributed by atoms with van der Waals surface area (Å²) in [5, 5.41) is 0. The van der Waals surface area contributed by atoms with Gasteiger partial charge in [0.05, 0.1) is 0 Å². The van der Waals surface area contributed by atoms with Crippen LogP contribution >= 0.6 is 0 Å². The molecule has 2 aromatic heterocycles. The third kappa shape index (κ3) is 2.92. The Morgan fingerprint density at radius 2 is 1.08 bits per heavy atom. The van der Waals surface area contributed by atoms with E-state index in [4.69, 9.17) is 11.5 Å². The van der Waals surface area contributed by atoms with E-state index in [9.17, 15) is 0 Å². The summed E-state index contributed by atoms with van der Waals surface area (Å²) in [6.07, 6.45) is 10.2. The van der Waals surface area contributed by atoms with Crippen molar-refractivity contribution in [3.63, 3.8) is 0 Å². The highest BCUT2D eigenvalue weighted by Crippen LogP contribution is 2.25. The van der Waals surface area contributed by atoms with Crippen LogP contribution in [0.5, 0.6) is 0 Å². The fourth-order valence-electron chi connectivity index (χ4n) is 3.82. The molecule has 0 saturated heterocycles. The smallest absolute Gasteiger partial charge is 0.131 e. The molecule has 0 bridgehead atoms. The molecule has 0 aliphatic heterocycles. The number of nitrogens with zero attached hydrogens (tertiary/aromatic N) is 4. The van der Waals surface area contributed by atoms with E-state index < -0.39 is 0 Å². The molecule has 6 heteroatoms. The van der Waals surface area contributed by atoms with Gasteiger partial charge >= 0.3 is 0 Å². The third-order valence-corrected chi connectivity index (χ3v) is 5.07. The van der Waals surface area contributed by atoms with Crippen molar-refractivity contribution in [3.05, 3.63) is 34.2 Å². The Kier molecular flexibility index (Phi) is 4.04. The monoisotopic (exact) mass is 324 g/mol. The molecule has 0 radical (unpaired) electrons. The molecule has 4 rings (SSSR count). The minimum atomic E-state index is 0.683. The van der Waals surface area contributed by atoms with Gasteiger partial charge in [-0.15, -0.1) is 0 Å². The van der Waals surface area contributed by atoms with E-state index >= 15 is 0 Å². The molecule has 0 atom stereocenters. The van der Waals surface area contributed by atoms with Crippen LogP contribution in [0.4, 0.5) is 11.6 Å². The van der Waals surface area contributed by atoms with Crippen molar-refractivity contribution in [2.45, 2.75) is 64.2 Å². The quantitative estimate of drug-likeness (QED) is 0.815. The van der Waals surface area contributed by atoms with Gasteiger partial charge in [-0.25, -0.2) is 19.9 Å². The molecule has 0 fully saturated rings. The number of anilines is 2. The van der Waals surface area contributed by atoms with Crippen LogP contribution in [0, 0.1) is 0 Å². The van der Waals surface area contributed by atoms with Crippen LogP contribution in [0.3, 0.4) is 0 Å². The number of rotatable bonds is 5. The number of fused-ring (bicyclic) bond motifs is 2. The topological polar surface area (TPSA) is 104 Å². The lowest BCUT2D eigenvalue weighted by Crippen LogP contribution is -2.07. The Morgan fingerprint density at radius 1 is 0.625 bits per heavy atom. The Balaban J connectivity index is 1.34. The van der Waals surface area contributed by atoms with Crippen LogP contribution in [0.2, 0.25) is 0 Å². The zero-order chi connectivity index (χ0) is 16.5. The van der Waals surface area contributed by atoms with Crippen LogP contribution in [0.25, 0.3) is 0 Å². The van der Waals surface area contributed by atoms with Crippen molar-refractivity contribution >= 4 is 11.6 Å². The summed E-state index contributed by atoms with van der Waals surface area (Å²) < 4.78 is 0. The first-order chi connectivity index (χ1) is 11.7. The van der Waals surface area contributed by atoms with E-state index in [0.29, 0.717) is 11.6 Å². The molecule has 126 valence electrons. The first kappa shape index (κ1) is 15.3. The number of hydrogen-bond donors (Lipinski definition) is 2. The van der Waals surface area contributed by atoms with E-state index in [1.54, 1.807) is 0 Å². The summed E-state index contributed by atoms with van der Waals surface area (Å²) in [7, 11) is 0. The molecule has 4 N–H and O–H groups in total. The molecule has 24 heavy (non-hydrogen) atoms. The second kappa shape index (κ2) is 6.34. The van der Waals surface area contributed by atoms with Gasteiger partial charge in [0, 0.05) is 35.4 Å². The van der Waals surface area contributed by atoms with Gasteiger partial charge < -0.3 is 11.5 Å². The third-order valence-electron chi connectivity index (χ3n) is 5.07. The highest BCUT2D eigenvalue weighted by Gasteiger charge is 2.18. The maximum absolute atomic E-state index is 6.05. The zero-order valence-electron chi connectivity index (χ0n) is 14.0. The molecular weight excluding hydrogens is 300 g/mol. The van der Waals surface area contributed by atoms with Gasteiger partial charge in [0.15, 0.2) is 0 Å². The molecule has 0 aromatic carbocycles. The summed E-state index contributed by atoms with van der Waals surface area (Å²) in [6.45, 7) is 0. The standard InChI is InChI=1S/C18H24N6/c19-17-11-5-3-7-13(11)21-15(23-17)9-1-2-10-16-22-14-8-4-6-12(14)18(20)24-16/h1-10H2,(H2,19,21,23)(H2,20,22,24). The van der Waals surface area contributed by atoms with Crippen LogP contribution in [-0.2, 0) is 38.5 Å². The van der Waals surface area contributed by atoms with Gasteiger partial charge in [0.2, 0.25) is 0 Å². The first-order valence-electron chi connectivity index (χ1n) is 8.99. The van der Waals surface area contributed by atoms with Crippen molar-refractivity contribution in [2.75, 3.05) is 11.5 Å². The van der Waals surface area contributed by atoms with Crippen molar-refractivity contribution in [2.24, 2.45) is 0 Å². The predicted molar refractivity (Wildman–Crippen MR) is 93.6 cm³/mol. The Bertz CT molecular complexity index is 705. The van der Waals surface area contributed by atoms with E-state index in [2.05, 4.69) is 19.9 Å². The molecule has 2 aliphatic carbocycles. The molecule has 2 heterocycles. The number of aryl methyl sites for hydroxylation is 4. The van der Waals surface area contributed by atoms with Gasteiger partial charge in [0.1, 0.15) is 23.3 Å². The molecular formula is C18H24N6. The van der Waals surface area contributed by atoms with Crippen molar-refractivity contribution in [1.29, 1.82) is 0 Å². The molecule has 0 saturated carbocycles. The maximum atomic E-state index is 6.05. The van der Waals surface area contributed by atoms with Gasteiger partial charge in [-0.3, -0.25) is 0 Å². The molecule has 2 aliphatic rings. The lowest BCUT2D eigenvalue weighted by atomic mass is 10.1. The van der Waals surface area contributed by atoms with Crippen LogP contribution in [-0.4, -0.2) is 19.9 Å². The lowest BCUT2D eigenvalue weighted by Gasteiger charge is -2.08. The van der Waals surface area contributed by atoms with Crippen LogP contribution in [0.1, 0.15) is 59.8 Å². The summed E-state index contributed by atoms with van der Waals surface area (Å²) in [4.78, 5) is 18.3. The molecule has 0 spiro atoms. The maximum Gasteiger partial charge on any atom is 0.131 e. The van der Waals surface area contributed by atoms with Crippen molar-refractivity contribution < 1.29 is 0 Å². The summed E-state index contributed by atoms with van der Waals surface area (Å²) >= 11 is 0. The van der Waals surface area contributed by atoms with E-state index in [0.717, 1.165) is 87.2 Å². The van der Waals surface area contributed by atoms with Crippen molar-refractivity contribution in [3.8, 4) is 0 Å². The summed E-state index contributed by atoms with van der Waals surface area (Å²) in [5.41, 5.74) is 16.8. The second-order valence-electron chi connectivity index (χ2n) is 6.81. The number of nitrogens with two attached hydrogens (primary N) is 2. The average molecular weight is 324 g/mol. The van der Waals surface area contributed by atoms with E-state index in [1.165, 1.54) is 11.1 Å². The second-order valence-corrected chi connectivity index (χ2v) is 6.81. The largest absolute Gasteiger partial charge is 0.383 e. The predicted octanol–water partition coefficient (Wildman–Crippen LogP) is 1.97. The van der Waals surface area contributed by atoms with E-state index in [1.807, 2.05) is 0 Å². The van der Waals surface area contributed by atoms with Crippen molar-refractivity contribution in [1.82, 2.24) is 19.9 Å². The summed E-state index contributed by atoms with van der Waals surface area (Å²) in [6, 6.07) is 0. The van der Waals surface area contributed by atoms with Gasteiger partial charge in [0.25, 0.3) is 0 Å². The number of aromatic nitrogens is 4. The van der Waals surface area contributed by atoms with Gasteiger partial charge in [-0.05, 0) is 51.4 Å². The molecule has 2 aromatic rings. The lowest BCUT2D eigenvalue weighted by molar-refractivity contribution is 0.682. The van der Waals surface area contributed by atoms with Crippen LogP contribution in [0.15, 0.2) is 0 Å². The Hall–Kier alpha value is -2.24. The highest BCUT2D eigenvalue weighted by atomic mass is 15.0. The summed E-state index contributed by atoms with van der Waals surface area (Å²) in [5.74, 6) is 3.12. The minimum absolute atomic E-state index is 0.683. The number of unbranched alkanes of at least 4 members (excludes halogenated alkanes) is 1. The SMILES string of the molecule is Nc1nc(CCCCc2nc(N)c3c(n2)CCC3)nc2c1CCC2. The molecule has 0 unspecified atom stereocenters. The fourth-order valence-corrected chi connectivity index (χ4v) is 3.82. The average Bonchev–Trinajstić information content (AvgIpc) is 3.20. The zero-order valence-corrected chi connectivity index (χ0v) is 14.0. The Morgan fingerprint density at radius 3 is 1.54 bits per heavy atom. The normalized spacial score (nSPS) is 15.5. The molecule has 0 amide bonds.